The van der Waals surface area contributed by atoms with Gasteiger partial charge in [0, 0.05) is 31.3 Å². The molecule has 3 rings (SSSR count). The predicted octanol–water partition coefficient (Wildman–Crippen LogP) is 1.79. The van der Waals surface area contributed by atoms with Crippen molar-refractivity contribution < 1.29 is 9.66 Å². The summed E-state index contributed by atoms with van der Waals surface area (Å²) in [5, 5.41) is 14.7. The van der Waals surface area contributed by atoms with E-state index in [1.54, 1.807) is 19.2 Å². The van der Waals surface area contributed by atoms with E-state index in [4.69, 9.17) is 4.74 Å². The number of nitrogens with zero attached hydrogens (tertiary/aromatic N) is 2. The Kier molecular flexibility index (Phi) is 3.48. The number of hydrogen-bond donors (Lipinski definition) is 1. The molecule has 0 radical (unpaired) electrons. The summed E-state index contributed by atoms with van der Waals surface area (Å²) < 4.78 is 5.20. The van der Waals surface area contributed by atoms with Crippen LogP contribution in [-0.4, -0.2) is 37.7 Å². The van der Waals surface area contributed by atoms with Gasteiger partial charge in [0.05, 0.1) is 12.0 Å². The highest BCUT2D eigenvalue weighted by Gasteiger charge is 2.36. The number of nitro benzene ring substituents is 1. The average molecular weight is 277 g/mol. The number of hydrogen-bond acceptors (Lipinski definition) is 5. The molecule has 108 valence electrons. The number of piperidine rings is 1. The zero-order chi connectivity index (χ0) is 14.1. The summed E-state index contributed by atoms with van der Waals surface area (Å²) in [4.78, 5) is 13.0. The number of anilines is 1. The van der Waals surface area contributed by atoms with Gasteiger partial charge in [-0.05, 0) is 31.4 Å². The van der Waals surface area contributed by atoms with Crippen molar-refractivity contribution in [2.75, 3.05) is 31.6 Å². The van der Waals surface area contributed by atoms with Gasteiger partial charge in [0.1, 0.15) is 11.4 Å². The molecule has 0 unspecified atom stereocenters. The zero-order valence-electron chi connectivity index (χ0n) is 11.5. The second-order valence-electron chi connectivity index (χ2n) is 5.48. The normalized spacial score (nSPS) is 25.4. The zero-order valence-corrected chi connectivity index (χ0v) is 11.5. The van der Waals surface area contributed by atoms with Gasteiger partial charge in [-0.3, -0.25) is 10.1 Å². The molecular weight excluding hydrogens is 258 g/mol. The van der Waals surface area contributed by atoms with E-state index in [-0.39, 0.29) is 10.6 Å². The maximum atomic E-state index is 11.2. The van der Waals surface area contributed by atoms with Gasteiger partial charge >= 0.3 is 0 Å². The van der Waals surface area contributed by atoms with E-state index in [2.05, 4.69) is 10.2 Å². The molecule has 0 aromatic heterocycles. The van der Waals surface area contributed by atoms with E-state index in [9.17, 15) is 10.1 Å². The fourth-order valence-corrected chi connectivity index (χ4v) is 3.28. The Balaban J connectivity index is 1.90. The third kappa shape index (κ3) is 2.31. The van der Waals surface area contributed by atoms with Crippen LogP contribution in [0.3, 0.4) is 0 Å². The van der Waals surface area contributed by atoms with Crippen molar-refractivity contribution in [2.45, 2.75) is 18.9 Å². The topological polar surface area (TPSA) is 67.6 Å². The average Bonchev–Trinajstić information content (AvgIpc) is 2.90. The first-order valence-electron chi connectivity index (χ1n) is 7.00. The van der Waals surface area contributed by atoms with Gasteiger partial charge in [-0.25, -0.2) is 0 Å². The van der Waals surface area contributed by atoms with Crippen LogP contribution in [0.2, 0.25) is 0 Å². The van der Waals surface area contributed by atoms with Crippen LogP contribution in [0.5, 0.6) is 5.75 Å². The van der Waals surface area contributed by atoms with Crippen molar-refractivity contribution in [1.82, 2.24) is 5.32 Å². The number of methoxy groups -OCH3 is 1. The van der Waals surface area contributed by atoms with Crippen LogP contribution in [0.15, 0.2) is 18.2 Å². The quantitative estimate of drug-likeness (QED) is 0.674. The molecule has 0 amide bonds. The molecular formula is C14H19N3O3. The van der Waals surface area contributed by atoms with E-state index in [0.717, 1.165) is 19.6 Å². The SMILES string of the molecule is COc1ccc([N+](=O)[O-])c(N2C[C@@H]3CCCN[C@@H]3C2)c1. The lowest BCUT2D eigenvalue weighted by atomic mass is 9.94. The van der Waals surface area contributed by atoms with Crippen molar-refractivity contribution in [3.05, 3.63) is 28.3 Å². The maximum absolute atomic E-state index is 11.2. The summed E-state index contributed by atoms with van der Waals surface area (Å²) >= 11 is 0. The fourth-order valence-electron chi connectivity index (χ4n) is 3.28. The molecule has 1 aromatic rings. The first-order valence-corrected chi connectivity index (χ1v) is 7.00. The lowest BCUT2D eigenvalue weighted by molar-refractivity contribution is -0.384. The molecule has 0 aliphatic carbocycles. The Morgan fingerprint density at radius 2 is 2.30 bits per heavy atom. The summed E-state index contributed by atoms with van der Waals surface area (Å²) in [7, 11) is 1.58. The molecule has 2 atom stereocenters. The van der Waals surface area contributed by atoms with Crippen molar-refractivity contribution in [3.63, 3.8) is 0 Å². The number of ether oxygens (including phenoxy) is 1. The number of fused-ring (bicyclic) bond motifs is 1. The second-order valence-corrected chi connectivity index (χ2v) is 5.48. The van der Waals surface area contributed by atoms with Crippen LogP contribution in [0, 0.1) is 16.0 Å². The molecule has 2 heterocycles. The lowest BCUT2D eigenvalue weighted by Crippen LogP contribution is -2.40. The van der Waals surface area contributed by atoms with Gasteiger partial charge < -0.3 is 15.0 Å². The van der Waals surface area contributed by atoms with Gasteiger partial charge in [0.25, 0.3) is 5.69 Å². The van der Waals surface area contributed by atoms with Gasteiger partial charge in [-0.15, -0.1) is 0 Å². The summed E-state index contributed by atoms with van der Waals surface area (Å²) in [5.41, 5.74) is 0.829. The third-order valence-electron chi connectivity index (χ3n) is 4.32. The summed E-state index contributed by atoms with van der Waals surface area (Å²) in [6.07, 6.45) is 2.39. The first-order chi connectivity index (χ1) is 9.69. The third-order valence-corrected chi connectivity index (χ3v) is 4.32. The molecule has 20 heavy (non-hydrogen) atoms. The fraction of sp³-hybridized carbons (Fsp3) is 0.571. The van der Waals surface area contributed by atoms with Crippen LogP contribution >= 0.6 is 0 Å². The number of nitrogens with one attached hydrogen (secondary N) is 1. The highest BCUT2D eigenvalue weighted by atomic mass is 16.6. The molecule has 0 saturated carbocycles. The number of nitro groups is 1. The monoisotopic (exact) mass is 277 g/mol. The molecule has 0 spiro atoms. The van der Waals surface area contributed by atoms with Crippen molar-refractivity contribution >= 4 is 11.4 Å². The van der Waals surface area contributed by atoms with Crippen LogP contribution in [-0.2, 0) is 0 Å². The van der Waals surface area contributed by atoms with Gasteiger partial charge in [-0.1, -0.05) is 0 Å². The van der Waals surface area contributed by atoms with E-state index < -0.39 is 0 Å². The van der Waals surface area contributed by atoms with Crippen molar-refractivity contribution in [1.29, 1.82) is 0 Å². The molecule has 2 fully saturated rings. The summed E-state index contributed by atoms with van der Waals surface area (Å²) in [6, 6.07) is 5.40. The van der Waals surface area contributed by atoms with Gasteiger partial charge in [0.2, 0.25) is 0 Å². The highest BCUT2D eigenvalue weighted by molar-refractivity contribution is 5.66. The Hall–Kier alpha value is -1.82. The highest BCUT2D eigenvalue weighted by Crippen LogP contribution is 2.36. The summed E-state index contributed by atoms with van der Waals surface area (Å²) in [5.74, 6) is 1.25. The van der Waals surface area contributed by atoms with Crippen LogP contribution < -0.4 is 15.0 Å². The van der Waals surface area contributed by atoms with Crippen LogP contribution in [0.25, 0.3) is 0 Å². The lowest BCUT2D eigenvalue weighted by Gasteiger charge is -2.24. The molecule has 6 nitrogen and oxygen atoms in total. The second kappa shape index (κ2) is 5.28. The number of rotatable bonds is 3. The maximum Gasteiger partial charge on any atom is 0.292 e. The molecule has 1 aromatic carbocycles. The molecule has 6 heteroatoms. The Labute approximate surface area is 117 Å². The van der Waals surface area contributed by atoms with E-state index in [0.29, 0.717) is 23.4 Å². The minimum absolute atomic E-state index is 0.157. The van der Waals surface area contributed by atoms with Crippen LogP contribution in [0.4, 0.5) is 11.4 Å². The Bertz CT molecular complexity index is 506. The molecule has 2 aliphatic rings. The van der Waals surface area contributed by atoms with Crippen molar-refractivity contribution in [2.24, 2.45) is 5.92 Å². The largest absolute Gasteiger partial charge is 0.497 e. The molecule has 1 N–H and O–H groups in total. The first kappa shape index (κ1) is 13.2. The van der Waals surface area contributed by atoms with E-state index >= 15 is 0 Å². The van der Waals surface area contributed by atoms with E-state index in [1.807, 2.05) is 0 Å². The molecule has 0 bridgehead atoms. The predicted molar refractivity (Wildman–Crippen MR) is 76.4 cm³/mol. The molecule has 2 aliphatic heterocycles. The Morgan fingerprint density at radius 1 is 1.45 bits per heavy atom. The standard InChI is InChI=1S/C14H19N3O3/c1-20-11-4-5-13(17(18)19)14(7-11)16-8-10-3-2-6-15-12(10)9-16/h4-5,7,10,12,15H,2-3,6,8-9H2,1H3/t10-,12+/m0/s1. The van der Waals surface area contributed by atoms with E-state index in [1.165, 1.54) is 18.9 Å². The minimum atomic E-state index is -0.315. The Morgan fingerprint density at radius 3 is 3.00 bits per heavy atom. The summed E-state index contributed by atoms with van der Waals surface area (Å²) in [6.45, 7) is 2.76. The molecule has 2 saturated heterocycles. The van der Waals surface area contributed by atoms with Crippen molar-refractivity contribution in [3.8, 4) is 5.75 Å². The van der Waals surface area contributed by atoms with Crippen LogP contribution in [0.1, 0.15) is 12.8 Å². The minimum Gasteiger partial charge on any atom is -0.497 e. The smallest absolute Gasteiger partial charge is 0.292 e. The van der Waals surface area contributed by atoms with Gasteiger partial charge in [-0.2, -0.15) is 0 Å². The number of benzene rings is 1. The van der Waals surface area contributed by atoms with Gasteiger partial charge in [0.15, 0.2) is 0 Å².